The highest BCUT2D eigenvalue weighted by Crippen LogP contribution is 2.40. The van der Waals surface area contributed by atoms with Crippen LogP contribution in [-0.4, -0.2) is 47.9 Å². The standard InChI is InChI=1S/C19H25F2N3O2/c1-2-8-22-18(26)24-10-7-19(13-24)6-3-9-23(17(19)25)12-14-4-5-15(20)16(21)11-14/h4-5,11H,2-3,6-10,12-13H2,1H3,(H,22,26)/t19-/m0/s1. The molecule has 0 aromatic heterocycles. The number of hydrogen-bond donors (Lipinski definition) is 1. The van der Waals surface area contributed by atoms with Gasteiger partial charge in [-0.05, 0) is 43.4 Å². The van der Waals surface area contributed by atoms with Crippen LogP contribution in [0.3, 0.4) is 0 Å². The number of urea groups is 1. The molecule has 2 aliphatic rings. The van der Waals surface area contributed by atoms with E-state index in [-0.39, 0.29) is 18.5 Å². The van der Waals surface area contributed by atoms with Crippen molar-refractivity contribution in [1.29, 1.82) is 0 Å². The summed E-state index contributed by atoms with van der Waals surface area (Å²) in [5, 5.41) is 2.86. The minimum Gasteiger partial charge on any atom is -0.338 e. The van der Waals surface area contributed by atoms with Crippen LogP contribution in [0.5, 0.6) is 0 Å². The number of amides is 3. The van der Waals surface area contributed by atoms with Crippen LogP contribution in [0.1, 0.15) is 38.2 Å². The van der Waals surface area contributed by atoms with Gasteiger partial charge in [-0.15, -0.1) is 0 Å². The van der Waals surface area contributed by atoms with Crippen LogP contribution >= 0.6 is 0 Å². The normalized spacial score (nSPS) is 23.0. The Balaban J connectivity index is 1.67. The summed E-state index contributed by atoms with van der Waals surface area (Å²) in [6, 6.07) is 3.62. The van der Waals surface area contributed by atoms with Crippen molar-refractivity contribution in [2.24, 2.45) is 5.41 Å². The Morgan fingerprint density at radius 2 is 2.04 bits per heavy atom. The molecule has 0 unspecified atom stereocenters. The van der Waals surface area contributed by atoms with Gasteiger partial charge in [-0.25, -0.2) is 13.6 Å². The van der Waals surface area contributed by atoms with Gasteiger partial charge in [0.2, 0.25) is 5.91 Å². The predicted octanol–water partition coefficient (Wildman–Crippen LogP) is 2.90. The summed E-state index contributed by atoms with van der Waals surface area (Å²) in [5.74, 6) is -1.78. The number of benzene rings is 1. The van der Waals surface area contributed by atoms with Crippen LogP contribution in [0.25, 0.3) is 0 Å². The minimum absolute atomic E-state index is 0.0132. The molecule has 0 bridgehead atoms. The summed E-state index contributed by atoms with van der Waals surface area (Å²) in [4.78, 5) is 28.7. The van der Waals surface area contributed by atoms with Crippen LogP contribution < -0.4 is 5.32 Å². The fourth-order valence-corrected chi connectivity index (χ4v) is 3.93. The summed E-state index contributed by atoms with van der Waals surface area (Å²) in [6.07, 6.45) is 3.13. The molecule has 0 aliphatic carbocycles. The molecule has 2 heterocycles. The third-order valence-corrected chi connectivity index (χ3v) is 5.35. The number of carbonyl (C=O) groups is 2. The lowest BCUT2D eigenvalue weighted by molar-refractivity contribution is -0.146. The summed E-state index contributed by atoms with van der Waals surface area (Å²) >= 11 is 0. The second kappa shape index (κ2) is 7.60. The molecule has 1 atom stereocenters. The Kier molecular flexibility index (Phi) is 5.44. The van der Waals surface area contributed by atoms with Crippen molar-refractivity contribution in [1.82, 2.24) is 15.1 Å². The average molecular weight is 365 g/mol. The van der Waals surface area contributed by atoms with Crippen LogP contribution in [-0.2, 0) is 11.3 Å². The molecule has 2 saturated heterocycles. The maximum Gasteiger partial charge on any atom is 0.317 e. The molecule has 1 aromatic rings. The molecule has 0 radical (unpaired) electrons. The van der Waals surface area contributed by atoms with E-state index in [0.29, 0.717) is 38.2 Å². The molecule has 7 heteroatoms. The van der Waals surface area contributed by atoms with E-state index in [4.69, 9.17) is 0 Å². The second-order valence-corrected chi connectivity index (χ2v) is 7.26. The number of nitrogens with one attached hydrogen (secondary N) is 1. The molecule has 1 spiro atoms. The maximum absolute atomic E-state index is 13.4. The van der Waals surface area contributed by atoms with Crippen LogP contribution in [0, 0.1) is 17.0 Å². The van der Waals surface area contributed by atoms with E-state index in [1.807, 2.05) is 6.92 Å². The monoisotopic (exact) mass is 365 g/mol. The summed E-state index contributed by atoms with van der Waals surface area (Å²) in [6.45, 7) is 4.47. The Morgan fingerprint density at radius 1 is 1.23 bits per heavy atom. The van der Waals surface area contributed by atoms with Crippen molar-refractivity contribution in [3.8, 4) is 0 Å². The Morgan fingerprint density at radius 3 is 2.77 bits per heavy atom. The zero-order valence-corrected chi connectivity index (χ0v) is 15.1. The fourth-order valence-electron chi connectivity index (χ4n) is 3.93. The predicted molar refractivity (Wildman–Crippen MR) is 93.3 cm³/mol. The fraction of sp³-hybridized carbons (Fsp3) is 0.579. The molecule has 2 fully saturated rings. The summed E-state index contributed by atoms with van der Waals surface area (Å²) in [7, 11) is 0. The van der Waals surface area contributed by atoms with Crippen molar-refractivity contribution >= 4 is 11.9 Å². The van der Waals surface area contributed by atoms with Gasteiger partial charge in [-0.1, -0.05) is 13.0 Å². The Bertz CT molecular complexity index is 697. The van der Waals surface area contributed by atoms with E-state index < -0.39 is 17.0 Å². The van der Waals surface area contributed by atoms with Gasteiger partial charge in [0, 0.05) is 32.7 Å². The topological polar surface area (TPSA) is 52.7 Å². The molecular weight excluding hydrogens is 340 g/mol. The molecule has 5 nitrogen and oxygen atoms in total. The highest BCUT2D eigenvalue weighted by molar-refractivity contribution is 5.85. The average Bonchev–Trinajstić information content (AvgIpc) is 3.05. The molecular formula is C19H25F2N3O2. The van der Waals surface area contributed by atoms with Crippen LogP contribution in [0.2, 0.25) is 0 Å². The number of halogens is 2. The van der Waals surface area contributed by atoms with E-state index >= 15 is 0 Å². The first-order valence-corrected chi connectivity index (χ1v) is 9.21. The van der Waals surface area contributed by atoms with Crippen molar-refractivity contribution in [2.75, 3.05) is 26.2 Å². The van der Waals surface area contributed by atoms with E-state index in [0.717, 1.165) is 31.4 Å². The van der Waals surface area contributed by atoms with Gasteiger partial charge in [0.15, 0.2) is 11.6 Å². The van der Waals surface area contributed by atoms with Crippen LogP contribution in [0.4, 0.5) is 13.6 Å². The summed E-state index contributed by atoms with van der Waals surface area (Å²) < 4.78 is 26.5. The first kappa shape index (κ1) is 18.6. The van der Waals surface area contributed by atoms with Gasteiger partial charge >= 0.3 is 6.03 Å². The maximum atomic E-state index is 13.4. The van der Waals surface area contributed by atoms with E-state index in [1.54, 1.807) is 9.80 Å². The third kappa shape index (κ3) is 3.66. The molecule has 1 N–H and O–H groups in total. The van der Waals surface area contributed by atoms with Crippen LogP contribution in [0.15, 0.2) is 18.2 Å². The largest absolute Gasteiger partial charge is 0.338 e. The number of rotatable bonds is 4. The number of carbonyl (C=O) groups excluding carboxylic acids is 2. The molecule has 142 valence electrons. The number of nitrogens with zero attached hydrogens (tertiary/aromatic N) is 2. The molecule has 3 rings (SSSR count). The first-order valence-electron chi connectivity index (χ1n) is 9.21. The van der Waals surface area contributed by atoms with E-state index in [9.17, 15) is 18.4 Å². The van der Waals surface area contributed by atoms with Gasteiger partial charge in [0.1, 0.15) is 0 Å². The minimum atomic E-state index is -0.902. The quantitative estimate of drug-likeness (QED) is 0.892. The van der Waals surface area contributed by atoms with Gasteiger partial charge in [-0.3, -0.25) is 4.79 Å². The smallest absolute Gasteiger partial charge is 0.317 e. The van der Waals surface area contributed by atoms with Gasteiger partial charge in [-0.2, -0.15) is 0 Å². The highest BCUT2D eigenvalue weighted by Gasteiger charge is 2.49. The zero-order valence-electron chi connectivity index (χ0n) is 15.1. The molecule has 3 amide bonds. The highest BCUT2D eigenvalue weighted by atomic mass is 19.2. The van der Waals surface area contributed by atoms with E-state index in [1.165, 1.54) is 6.07 Å². The summed E-state index contributed by atoms with van der Waals surface area (Å²) in [5.41, 5.74) is 0.0326. The second-order valence-electron chi connectivity index (χ2n) is 7.26. The lowest BCUT2D eigenvalue weighted by atomic mass is 9.78. The third-order valence-electron chi connectivity index (χ3n) is 5.35. The van der Waals surface area contributed by atoms with Gasteiger partial charge < -0.3 is 15.1 Å². The van der Waals surface area contributed by atoms with Crippen molar-refractivity contribution in [2.45, 2.75) is 39.2 Å². The Labute approximate surface area is 152 Å². The molecule has 26 heavy (non-hydrogen) atoms. The lowest BCUT2D eigenvalue weighted by Crippen LogP contribution is -2.50. The first-order chi connectivity index (χ1) is 12.4. The molecule has 1 aromatic carbocycles. The number of likely N-dealkylation sites (tertiary alicyclic amines) is 2. The zero-order chi connectivity index (χ0) is 18.7. The number of piperidine rings is 1. The molecule has 2 aliphatic heterocycles. The molecule has 0 saturated carbocycles. The van der Waals surface area contributed by atoms with Crippen molar-refractivity contribution in [3.63, 3.8) is 0 Å². The number of hydrogen-bond acceptors (Lipinski definition) is 2. The Hall–Kier alpha value is -2.18. The van der Waals surface area contributed by atoms with Crippen molar-refractivity contribution < 1.29 is 18.4 Å². The van der Waals surface area contributed by atoms with Gasteiger partial charge in [0.05, 0.1) is 5.41 Å². The lowest BCUT2D eigenvalue weighted by Gasteiger charge is -2.39. The SMILES string of the molecule is CCCNC(=O)N1CC[C@@]2(CCCN(Cc3ccc(F)c(F)c3)C2=O)C1. The van der Waals surface area contributed by atoms with E-state index in [2.05, 4.69) is 5.32 Å². The van der Waals surface area contributed by atoms with Crippen molar-refractivity contribution in [3.05, 3.63) is 35.4 Å². The van der Waals surface area contributed by atoms with Gasteiger partial charge in [0.25, 0.3) is 0 Å².